The molecule has 0 aliphatic heterocycles. The molecule has 0 unspecified atom stereocenters. The SMILES string of the molecule is CN(C)C(=O)Cc1ccccc1NC(=O)CCl. The van der Waals surface area contributed by atoms with E-state index in [4.69, 9.17) is 11.6 Å². The van der Waals surface area contributed by atoms with Crippen molar-refractivity contribution in [1.29, 1.82) is 0 Å². The zero-order chi connectivity index (χ0) is 12.8. The van der Waals surface area contributed by atoms with Gasteiger partial charge in [0.15, 0.2) is 0 Å². The van der Waals surface area contributed by atoms with Crippen LogP contribution in [0.25, 0.3) is 0 Å². The average Bonchev–Trinajstić information content (AvgIpc) is 2.31. The number of alkyl halides is 1. The summed E-state index contributed by atoms with van der Waals surface area (Å²) in [6.45, 7) is 0. The number of carbonyl (C=O) groups is 2. The molecule has 1 rings (SSSR count). The Labute approximate surface area is 106 Å². The fourth-order valence-corrected chi connectivity index (χ4v) is 1.37. The first kappa shape index (κ1) is 13.5. The summed E-state index contributed by atoms with van der Waals surface area (Å²) < 4.78 is 0. The molecule has 0 aliphatic rings. The number of carbonyl (C=O) groups excluding carboxylic acids is 2. The van der Waals surface area contributed by atoms with Crippen molar-refractivity contribution < 1.29 is 9.59 Å². The number of halogens is 1. The highest BCUT2D eigenvalue weighted by Gasteiger charge is 2.10. The van der Waals surface area contributed by atoms with E-state index in [1.807, 2.05) is 12.1 Å². The van der Waals surface area contributed by atoms with Gasteiger partial charge in [-0.3, -0.25) is 9.59 Å². The second-order valence-corrected chi connectivity index (χ2v) is 4.07. The molecule has 5 heteroatoms. The van der Waals surface area contributed by atoms with Gasteiger partial charge < -0.3 is 10.2 Å². The Hall–Kier alpha value is -1.55. The van der Waals surface area contributed by atoms with Gasteiger partial charge in [-0.1, -0.05) is 18.2 Å². The van der Waals surface area contributed by atoms with Crippen LogP contribution in [0, 0.1) is 0 Å². The number of amides is 2. The quantitative estimate of drug-likeness (QED) is 0.828. The molecule has 2 amide bonds. The van der Waals surface area contributed by atoms with E-state index in [0.717, 1.165) is 5.56 Å². The van der Waals surface area contributed by atoms with Crippen molar-refractivity contribution in [2.45, 2.75) is 6.42 Å². The fourth-order valence-electron chi connectivity index (χ4n) is 1.30. The number of hydrogen-bond donors (Lipinski definition) is 1. The number of benzene rings is 1. The summed E-state index contributed by atoms with van der Waals surface area (Å²) in [4.78, 5) is 24.3. The Morgan fingerprint density at radius 3 is 2.53 bits per heavy atom. The van der Waals surface area contributed by atoms with Crippen molar-refractivity contribution in [2.24, 2.45) is 0 Å². The monoisotopic (exact) mass is 254 g/mol. The Morgan fingerprint density at radius 1 is 1.29 bits per heavy atom. The number of anilines is 1. The Morgan fingerprint density at radius 2 is 1.94 bits per heavy atom. The summed E-state index contributed by atoms with van der Waals surface area (Å²) in [6, 6.07) is 7.19. The second kappa shape index (κ2) is 6.25. The van der Waals surface area contributed by atoms with Crippen LogP contribution in [-0.4, -0.2) is 36.7 Å². The molecule has 0 fully saturated rings. The van der Waals surface area contributed by atoms with Crippen LogP contribution in [0.2, 0.25) is 0 Å². The number of likely N-dealkylation sites (N-methyl/N-ethyl adjacent to an activating group) is 1. The molecule has 0 bridgehead atoms. The minimum absolute atomic E-state index is 0.0161. The molecule has 1 aromatic carbocycles. The van der Waals surface area contributed by atoms with Crippen LogP contribution in [0.3, 0.4) is 0 Å². The van der Waals surface area contributed by atoms with Gasteiger partial charge in [0.1, 0.15) is 5.88 Å². The lowest BCUT2D eigenvalue weighted by molar-refractivity contribution is -0.128. The zero-order valence-electron chi connectivity index (χ0n) is 9.87. The molecule has 4 nitrogen and oxygen atoms in total. The van der Waals surface area contributed by atoms with Gasteiger partial charge in [0.2, 0.25) is 11.8 Å². The molecule has 1 aromatic rings. The van der Waals surface area contributed by atoms with Gasteiger partial charge in [0, 0.05) is 19.8 Å². The van der Waals surface area contributed by atoms with Crippen LogP contribution >= 0.6 is 11.6 Å². The van der Waals surface area contributed by atoms with Gasteiger partial charge in [-0.25, -0.2) is 0 Å². The normalized spacial score (nSPS) is 9.82. The van der Waals surface area contributed by atoms with Crippen LogP contribution in [0.4, 0.5) is 5.69 Å². The smallest absolute Gasteiger partial charge is 0.239 e. The highest BCUT2D eigenvalue weighted by Crippen LogP contribution is 2.16. The maximum Gasteiger partial charge on any atom is 0.239 e. The molecule has 17 heavy (non-hydrogen) atoms. The van der Waals surface area contributed by atoms with Crippen LogP contribution in [0.15, 0.2) is 24.3 Å². The van der Waals surface area contributed by atoms with E-state index in [-0.39, 0.29) is 24.1 Å². The summed E-state index contributed by atoms with van der Waals surface area (Å²) in [7, 11) is 3.39. The van der Waals surface area contributed by atoms with Gasteiger partial charge in [-0.2, -0.15) is 0 Å². The van der Waals surface area contributed by atoms with E-state index in [1.54, 1.807) is 26.2 Å². The molecule has 0 aromatic heterocycles. The molecule has 92 valence electrons. The standard InChI is InChI=1S/C12H15ClN2O2/c1-15(2)12(17)7-9-5-3-4-6-10(9)14-11(16)8-13/h3-6H,7-8H2,1-2H3,(H,14,16). The number of nitrogens with zero attached hydrogens (tertiary/aromatic N) is 1. The van der Waals surface area contributed by atoms with E-state index in [0.29, 0.717) is 5.69 Å². The largest absolute Gasteiger partial charge is 0.349 e. The summed E-state index contributed by atoms with van der Waals surface area (Å²) in [6.07, 6.45) is 0.256. The fraction of sp³-hybridized carbons (Fsp3) is 0.333. The van der Waals surface area contributed by atoms with Crippen molar-refractivity contribution in [3.05, 3.63) is 29.8 Å². The van der Waals surface area contributed by atoms with Gasteiger partial charge in [0.25, 0.3) is 0 Å². The molecule has 0 saturated heterocycles. The predicted octanol–water partition coefficient (Wildman–Crippen LogP) is 1.49. The van der Waals surface area contributed by atoms with Crippen LogP contribution in [-0.2, 0) is 16.0 Å². The van der Waals surface area contributed by atoms with Gasteiger partial charge in [-0.15, -0.1) is 11.6 Å². The number of hydrogen-bond acceptors (Lipinski definition) is 2. The van der Waals surface area contributed by atoms with Gasteiger partial charge in [0.05, 0.1) is 6.42 Å². The van der Waals surface area contributed by atoms with Gasteiger partial charge in [-0.05, 0) is 11.6 Å². The summed E-state index contributed by atoms with van der Waals surface area (Å²) >= 11 is 5.42. The molecule has 0 aliphatic carbocycles. The molecule has 0 atom stereocenters. The number of nitrogens with one attached hydrogen (secondary N) is 1. The van der Waals surface area contributed by atoms with Crippen molar-refractivity contribution in [3.8, 4) is 0 Å². The average molecular weight is 255 g/mol. The second-order valence-electron chi connectivity index (χ2n) is 3.80. The van der Waals surface area contributed by atoms with E-state index in [2.05, 4.69) is 5.32 Å². The van der Waals surface area contributed by atoms with Crippen LogP contribution < -0.4 is 5.32 Å². The molecule has 0 spiro atoms. The van der Waals surface area contributed by atoms with Crippen molar-refractivity contribution >= 4 is 29.1 Å². The molecule has 1 N–H and O–H groups in total. The van der Waals surface area contributed by atoms with Crippen LogP contribution in [0.1, 0.15) is 5.56 Å². The Balaban J connectivity index is 2.84. The first-order chi connectivity index (χ1) is 8.04. The van der Waals surface area contributed by atoms with Gasteiger partial charge >= 0.3 is 0 Å². The van der Waals surface area contributed by atoms with Crippen molar-refractivity contribution in [3.63, 3.8) is 0 Å². The highest BCUT2D eigenvalue weighted by molar-refractivity contribution is 6.29. The molecule has 0 heterocycles. The molecule has 0 saturated carbocycles. The Bertz CT molecular complexity index is 419. The Kier molecular flexibility index (Phi) is 4.97. The first-order valence-corrected chi connectivity index (χ1v) is 5.72. The summed E-state index contributed by atoms with van der Waals surface area (Å²) in [5.74, 6) is -0.398. The van der Waals surface area contributed by atoms with E-state index in [9.17, 15) is 9.59 Å². The maximum atomic E-state index is 11.6. The van der Waals surface area contributed by atoms with Crippen molar-refractivity contribution in [1.82, 2.24) is 4.90 Å². The lowest BCUT2D eigenvalue weighted by Gasteiger charge is -2.13. The lowest BCUT2D eigenvalue weighted by atomic mass is 10.1. The first-order valence-electron chi connectivity index (χ1n) is 5.18. The topological polar surface area (TPSA) is 49.4 Å². The third-order valence-corrected chi connectivity index (χ3v) is 2.50. The van der Waals surface area contributed by atoms with E-state index in [1.165, 1.54) is 4.90 Å². The van der Waals surface area contributed by atoms with E-state index < -0.39 is 0 Å². The van der Waals surface area contributed by atoms with Crippen molar-refractivity contribution in [2.75, 3.05) is 25.3 Å². The molecular weight excluding hydrogens is 240 g/mol. The summed E-state index contributed by atoms with van der Waals surface area (Å²) in [5, 5.41) is 2.66. The highest BCUT2D eigenvalue weighted by atomic mass is 35.5. The zero-order valence-corrected chi connectivity index (χ0v) is 10.6. The van der Waals surface area contributed by atoms with Crippen LogP contribution in [0.5, 0.6) is 0 Å². The third-order valence-electron chi connectivity index (χ3n) is 2.25. The maximum absolute atomic E-state index is 11.6. The molecular formula is C12H15ClN2O2. The minimum Gasteiger partial charge on any atom is -0.349 e. The number of para-hydroxylation sites is 1. The third kappa shape index (κ3) is 4.07. The minimum atomic E-state index is -0.281. The molecule has 0 radical (unpaired) electrons. The number of rotatable bonds is 4. The predicted molar refractivity (Wildman–Crippen MR) is 68.2 cm³/mol. The lowest BCUT2D eigenvalue weighted by Crippen LogP contribution is -2.24. The summed E-state index contributed by atoms with van der Waals surface area (Å²) in [5.41, 5.74) is 1.41. The van der Waals surface area contributed by atoms with E-state index >= 15 is 0 Å².